The molecule has 0 amide bonds. The summed E-state index contributed by atoms with van der Waals surface area (Å²) in [5.74, 6) is -1.24. The zero-order valence-electron chi connectivity index (χ0n) is 9.54. The molecule has 7 heteroatoms. The van der Waals surface area contributed by atoms with Crippen LogP contribution < -0.4 is 5.73 Å². The molecule has 4 nitrogen and oxygen atoms in total. The Kier molecular flexibility index (Phi) is 5.37. The number of phenols is 1. The number of hydrogen-bond acceptors (Lipinski definition) is 4. The molecule has 0 saturated carbocycles. The number of aromatic hydroxyl groups is 1. The van der Waals surface area contributed by atoms with E-state index in [1.807, 2.05) is 11.4 Å². The van der Waals surface area contributed by atoms with Gasteiger partial charge in [0.15, 0.2) is 0 Å². The summed E-state index contributed by atoms with van der Waals surface area (Å²) in [7, 11) is 0. The van der Waals surface area contributed by atoms with Crippen molar-refractivity contribution < 1.29 is 15.0 Å². The van der Waals surface area contributed by atoms with E-state index in [0.717, 1.165) is 4.88 Å². The molecule has 19 heavy (non-hydrogen) atoms. The second kappa shape index (κ2) is 6.38. The van der Waals surface area contributed by atoms with E-state index in [4.69, 9.17) is 10.8 Å². The second-order valence-corrected chi connectivity index (χ2v) is 5.49. The van der Waals surface area contributed by atoms with Crippen LogP contribution >= 0.6 is 39.7 Å². The molecule has 0 fully saturated rings. The topological polar surface area (TPSA) is 83.6 Å². The fourth-order valence-corrected chi connectivity index (χ4v) is 2.77. The number of carbonyl (C=O) groups is 1. The number of halogens is 2. The fourth-order valence-electron chi connectivity index (χ4n) is 1.69. The van der Waals surface area contributed by atoms with Gasteiger partial charge in [0.05, 0.1) is 16.1 Å². The van der Waals surface area contributed by atoms with Crippen LogP contribution in [0.4, 0.5) is 0 Å². The summed E-state index contributed by atoms with van der Waals surface area (Å²) in [4.78, 5) is 12.0. The molecular weight excluding hydrogens is 354 g/mol. The first-order chi connectivity index (χ1) is 8.52. The van der Waals surface area contributed by atoms with Crippen molar-refractivity contribution >= 4 is 45.6 Å². The number of nitrogens with two attached hydrogens (primary N) is 1. The Morgan fingerprint density at radius 2 is 2.05 bits per heavy atom. The number of rotatable bonds is 3. The van der Waals surface area contributed by atoms with E-state index in [9.17, 15) is 9.90 Å². The summed E-state index contributed by atoms with van der Waals surface area (Å²) in [6, 6.07) is 5.89. The minimum absolute atomic E-state index is 0. The van der Waals surface area contributed by atoms with Crippen molar-refractivity contribution in [2.45, 2.75) is 6.04 Å². The minimum Gasteiger partial charge on any atom is -0.506 e. The highest BCUT2D eigenvalue weighted by Gasteiger charge is 2.23. The summed E-state index contributed by atoms with van der Waals surface area (Å²) in [6.07, 6.45) is 0. The van der Waals surface area contributed by atoms with E-state index in [-0.39, 0.29) is 29.3 Å². The molecule has 2 aromatic rings. The predicted molar refractivity (Wildman–Crippen MR) is 80.4 cm³/mol. The van der Waals surface area contributed by atoms with Gasteiger partial charge in [0.25, 0.3) is 0 Å². The number of carboxylic acids is 1. The highest BCUT2D eigenvalue weighted by molar-refractivity contribution is 9.10. The number of aromatic carboxylic acids is 1. The molecule has 102 valence electrons. The third-order valence-corrected chi connectivity index (χ3v) is 4.15. The molecule has 0 aliphatic heterocycles. The maximum atomic E-state index is 11.2. The molecule has 0 saturated heterocycles. The van der Waals surface area contributed by atoms with Gasteiger partial charge < -0.3 is 15.9 Å². The molecule has 0 bridgehead atoms. The minimum atomic E-state index is -1.11. The maximum Gasteiger partial charge on any atom is 0.336 e. The number of benzene rings is 1. The Morgan fingerprint density at radius 3 is 2.58 bits per heavy atom. The number of thiophene rings is 1. The van der Waals surface area contributed by atoms with Crippen LogP contribution in [0.25, 0.3) is 0 Å². The van der Waals surface area contributed by atoms with Gasteiger partial charge in [-0.25, -0.2) is 4.79 Å². The number of hydrogen-bond donors (Lipinski definition) is 3. The van der Waals surface area contributed by atoms with Crippen molar-refractivity contribution in [3.63, 3.8) is 0 Å². The van der Waals surface area contributed by atoms with Gasteiger partial charge in [0.2, 0.25) is 0 Å². The Morgan fingerprint density at radius 1 is 1.37 bits per heavy atom. The molecule has 1 aromatic carbocycles. The summed E-state index contributed by atoms with van der Waals surface area (Å²) < 4.78 is 0.425. The fraction of sp³-hybridized carbons (Fsp3) is 0.0833. The third-order valence-electron chi connectivity index (χ3n) is 2.56. The van der Waals surface area contributed by atoms with Crippen LogP contribution in [-0.4, -0.2) is 16.2 Å². The van der Waals surface area contributed by atoms with Crippen LogP contribution in [0.1, 0.15) is 26.8 Å². The first-order valence-corrected chi connectivity index (χ1v) is 6.73. The molecule has 2 rings (SSSR count). The molecular formula is C12H11BrClNO3S. The Labute approximate surface area is 128 Å². The molecule has 0 radical (unpaired) electrons. The van der Waals surface area contributed by atoms with Gasteiger partial charge in [-0.1, -0.05) is 6.07 Å². The van der Waals surface area contributed by atoms with Gasteiger partial charge in [-0.05, 0) is 39.5 Å². The first kappa shape index (κ1) is 16.0. The van der Waals surface area contributed by atoms with Crippen molar-refractivity contribution in [1.82, 2.24) is 0 Å². The van der Waals surface area contributed by atoms with E-state index >= 15 is 0 Å². The molecule has 0 unspecified atom stereocenters. The van der Waals surface area contributed by atoms with Gasteiger partial charge in [0.1, 0.15) is 5.75 Å². The molecule has 1 aromatic heterocycles. The quantitative estimate of drug-likeness (QED) is 0.779. The van der Waals surface area contributed by atoms with Crippen LogP contribution in [-0.2, 0) is 0 Å². The molecule has 0 aliphatic rings. The highest BCUT2D eigenvalue weighted by atomic mass is 79.9. The monoisotopic (exact) mass is 363 g/mol. The van der Waals surface area contributed by atoms with Gasteiger partial charge in [-0.15, -0.1) is 23.7 Å². The predicted octanol–water partition coefficient (Wildman–Crippen LogP) is 3.38. The standard InChI is InChI=1S/C12H10BrNO3S.ClH/c13-7-4-3-6(12(16)17)9(11(7)15)10(14)8-2-1-5-18-8;/h1-5,10,15H,14H2,(H,16,17);1H/t10-;/m0./s1. The van der Waals surface area contributed by atoms with Crippen LogP contribution in [0.15, 0.2) is 34.1 Å². The summed E-state index contributed by atoms with van der Waals surface area (Å²) in [5, 5.41) is 21.0. The average Bonchev–Trinajstić information content (AvgIpc) is 2.84. The zero-order valence-corrected chi connectivity index (χ0v) is 12.8. The lowest BCUT2D eigenvalue weighted by atomic mass is 9.98. The van der Waals surface area contributed by atoms with E-state index in [1.165, 1.54) is 23.5 Å². The van der Waals surface area contributed by atoms with Gasteiger partial charge in [0, 0.05) is 10.4 Å². The SMILES string of the molecule is Cl.N[C@@H](c1cccs1)c1c(C(=O)O)ccc(Br)c1O. The van der Waals surface area contributed by atoms with Crippen molar-refractivity contribution in [1.29, 1.82) is 0 Å². The maximum absolute atomic E-state index is 11.2. The summed E-state index contributed by atoms with van der Waals surface area (Å²) >= 11 is 4.58. The van der Waals surface area contributed by atoms with Crippen LogP contribution in [0.3, 0.4) is 0 Å². The molecule has 0 spiro atoms. The zero-order chi connectivity index (χ0) is 13.3. The lowest BCUT2D eigenvalue weighted by Crippen LogP contribution is -2.15. The Bertz CT molecular complexity index is 589. The van der Waals surface area contributed by atoms with Gasteiger partial charge in [-0.3, -0.25) is 0 Å². The van der Waals surface area contributed by atoms with E-state index in [1.54, 1.807) is 6.07 Å². The Hall–Kier alpha value is -1.08. The molecule has 1 atom stereocenters. The lowest BCUT2D eigenvalue weighted by Gasteiger charge is -2.16. The third kappa shape index (κ3) is 3.09. The number of phenolic OH excluding ortho intramolecular Hbond substituents is 1. The number of carboxylic acid groups (broad SMARTS) is 1. The van der Waals surface area contributed by atoms with Gasteiger partial charge in [-0.2, -0.15) is 0 Å². The molecule has 4 N–H and O–H groups in total. The van der Waals surface area contributed by atoms with Crippen LogP contribution in [0, 0.1) is 0 Å². The smallest absolute Gasteiger partial charge is 0.336 e. The van der Waals surface area contributed by atoms with Crippen molar-refractivity contribution in [2.75, 3.05) is 0 Å². The summed E-state index contributed by atoms with van der Waals surface area (Å²) in [5.41, 5.74) is 6.27. The van der Waals surface area contributed by atoms with Crippen molar-refractivity contribution in [2.24, 2.45) is 5.73 Å². The van der Waals surface area contributed by atoms with E-state index < -0.39 is 12.0 Å². The van der Waals surface area contributed by atoms with Gasteiger partial charge >= 0.3 is 5.97 Å². The van der Waals surface area contributed by atoms with E-state index in [0.29, 0.717) is 4.47 Å². The first-order valence-electron chi connectivity index (χ1n) is 5.06. The molecule has 1 heterocycles. The van der Waals surface area contributed by atoms with Crippen molar-refractivity contribution in [3.8, 4) is 5.75 Å². The lowest BCUT2D eigenvalue weighted by molar-refractivity contribution is 0.0694. The van der Waals surface area contributed by atoms with Crippen molar-refractivity contribution in [3.05, 3.63) is 50.1 Å². The second-order valence-electron chi connectivity index (χ2n) is 3.66. The van der Waals surface area contributed by atoms with Crippen LogP contribution in [0.5, 0.6) is 5.75 Å². The van der Waals surface area contributed by atoms with Crippen LogP contribution in [0.2, 0.25) is 0 Å². The summed E-state index contributed by atoms with van der Waals surface area (Å²) in [6.45, 7) is 0. The Balaban J connectivity index is 0.00000180. The largest absolute Gasteiger partial charge is 0.506 e. The normalized spacial score (nSPS) is 11.7. The molecule has 0 aliphatic carbocycles. The average molecular weight is 365 g/mol. The van der Waals surface area contributed by atoms with E-state index in [2.05, 4.69) is 15.9 Å². The highest BCUT2D eigenvalue weighted by Crippen LogP contribution is 2.37.